The van der Waals surface area contributed by atoms with Gasteiger partial charge in [-0.25, -0.2) is 13.1 Å². The van der Waals surface area contributed by atoms with Crippen LogP contribution in [0.15, 0.2) is 53.4 Å². The number of hydrogen-bond donors (Lipinski definition) is 2. The minimum Gasteiger partial charge on any atom is -0.326 e. The summed E-state index contributed by atoms with van der Waals surface area (Å²) in [5.74, 6) is 0.0683. The number of carbonyl (C=O) groups excluding carboxylic acids is 1. The van der Waals surface area contributed by atoms with Crippen LogP contribution in [0.1, 0.15) is 37.3 Å². The van der Waals surface area contributed by atoms with E-state index < -0.39 is 10.0 Å². The van der Waals surface area contributed by atoms with E-state index in [1.165, 1.54) is 12.1 Å². The van der Waals surface area contributed by atoms with Crippen LogP contribution in [-0.4, -0.2) is 20.9 Å². The van der Waals surface area contributed by atoms with Crippen molar-refractivity contribution < 1.29 is 13.2 Å². The van der Waals surface area contributed by atoms with Crippen LogP contribution in [0.4, 0.5) is 5.69 Å². The second kappa shape index (κ2) is 8.27. The van der Waals surface area contributed by atoms with Crippen molar-refractivity contribution in [3.63, 3.8) is 0 Å². The van der Waals surface area contributed by atoms with Crippen molar-refractivity contribution in [3.8, 4) is 0 Å². The molecule has 0 unspecified atom stereocenters. The van der Waals surface area contributed by atoms with Crippen molar-refractivity contribution in [2.45, 2.75) is 38.0 Å². The molecule has 0 fully saturated rings. The molecule has 0 spiro atoms. The van der Waals surface area contributed by atoms with Crippen LogP contribution in [0.25, 0.3) is 0 Å². The van der Waals surface area contributed by atoms with E-state index in [1.807, 2.05) is 25.1 Å². The summed E-state index contributed by atoms with van der Waals surface area (Å²) < 4.78 is 26.7. The average molecular weight is 360 g/mol. The minimum atomic E-state index is -3.59. The lowest BCUT2D eigenvalue weighted by atomic mass is 9.98. The first kappa shape index (κ1) is 19.1. The molecule has 2 aromatic carbocycles. The third-order valence-corrected chi connectivity index (χ3v) is 5.37. The molecule has 6 heteroatoms. The molecule has 2 N–H and O–H groups in total. The molecule has 2 rings (SSSR count). The lowest BCUT2D eigenvalue weighted by Crippen LogP contribution is -2.28. The van der Waals surface area contributed by atoms with Crippen LogP contribution in [0.2, 0.25) is 0 Å². The number of rotatable bonds is 7. The molecule has 2 aromatic rings. The number of aryl methyl sites for hydroxylation is 1. The molecule has 1 amide bonds. The van der Waals surface area contributed by atoms with Crippen LogP contribution in [0.5, 0.6) is 0 Å². The van der Waals surface area contributed by atoms with Crippen LogP contribution in [0, 0.1) is 6.92 Å². The highest BCUT2D eigenvalue weighted by Crippen LogP contribution is 2.27. The van der Waals surface area contributed by atoms with E-state index in [1.54, 1.807) is 18.2 Å². The van der Waals surface area contributed by atoms with Gasteiger partial charge in [0.05, 0.1) is 4.90 Å². The number of benzene rings is 2. The quantitative estimate of drug-likeness (QED) is 0.794. The molecule has 0 radical (unpaired) electrons. The molecule has 25 heavy (non-hydrogen) atoms. The SMILES string of the molecule is Cc1cccc(C(C)C)c1NC(=O)CCNS(=O)(=O)c1ccccc1. The standard InChI is InChI=1S/C19H24N2O3S/c1-14(2)17-11-7-8-15(3)19(17)21-18(22)12-13-20-25(23,24)16-9-5-4-6-10-16/h4-11,14,20H,12-13H2,1-3H3,(H,21,22). The fourth-order valence-electron chi connectivity index (χ4n) is 2.53. The van der Waals surface area contributed by atoms with E-state index in [0.717, 1.165) is 16.8 Å². The van der Waals surface area contributed by atoms with Crippen LogP contribution >= 0.6 is 0 Å². The third kappa shape index (κ3) is 5.14. The molecule has 0 aliphatic rings. The van der Waals surface area contributed by atoms with Crippen molar-refractivity contribution in [1.29, 1.82) is 0 Å². The number of nitrogens with one attached hydrogen (secondary N) is 2. The van der Waals surface area contributed by atoms with Crippen molar-refractivity contribution in [1.82, 2.24) is 4.72 Å². The molecule has 0 aliphatic carbocycles. The Labute approximate surface area is 149 Å². The van der Waals surface area contributed by atoms with Crippen LogP contribution < -0.4 is 10.0 Å². The normalized spacial score (nSPS) is 11.5. The van der Waals surface area contributed by atoms with E-state index >= 15 is 0 Å². The Morgan fingerprint density at radius 3 is 2.36 bits per heavy atom. The Bertz CT molecular complexity index is 831. The molecule has 0 aliphatic heterocycles. The zero-order chi connectivity index (χ0) is 18.4. The summed E-state index contributed by atoms with van der Waals surface area (Å²) in [4.78, 5) is 12.4. The Morgan fingerprint density at radius 2 is 1.72 bits per heavy atom. The highest BCUT2D eigenvalue weighted by atomic mass is 32.2. The summed E-state index contributed by atoms with van der Waals surface area (Å²) in [6.07, 6.45) is 0.0674. The predicted molar refractivity (Wildman–Crippen MR) is 100 cm³/mol. The van der Waals surface area contributed by atoms with Gasteiger partial charge in [0.2, 0.25) is 15.9 Å². The topological polar surface area (TPSA) is 75.3 Å². The number of amides is 1. The van der Waals surface area contributed by atoms with Gasteiger partial charge >= 0.3 is 0 Å². The molecule has 0 atom stereocenters. The maximum Gasteiger partial charge on any atom is 0.240 e. The van der Waals surface area contributed by atoms with Gasteiger partial charge in [-0.15, -0.1) is 0 Å². The number of sulfonamides is 1. The number of anilines is 1. The first-order chi connectivity index (χ1) is 11.8. The first-order valence-corrected chi connectivity index (χ1v) is 9.73. The summed E-state index contributed by atoms with van der Waals surface area (Å²) in [6.45, 7) is 6.13. The van der Waals surface area contributed by atoms with Gasteiger partial charge in [0.1, 0.15) is 0 Å². The second-order valence-corrected chi connectivity index (χ2v) is 7.97. The monoisotopic (exact) mass is 360 g/mol. The zero-order valence-electron chi connectivity index (χ0n) is 14.7. The fourth-order valence-corrected chi connectivity index (χ4v) is 3.58. The highest BCUT2D eigenvalue weighted by molar-refractivity contribution is 7.89. The minimum absolute atomic E-state index is 0.0476. The fraction of sp³-hybridized carbons (Fsp3) is 0.316. The average Bonchev–Trinajstić information content (AvgIpc) is 2.57. The summed E-state index contributed by atoms with van der Waals surface area (Å²) >= 11 is 0. The van der Waals surface area contributed by atoms with E-state index in [9.17, 15) is 13.2 Å². The Morgan fingerprint density at radius 1 is 1.04 bits per heavy atom. The van der Waals surface area contributed by atoms with E-state index in [-0.39, 0.29) is 29.7 Å². The molecule has 0 bridgehead atoms. The van der Waals surface area contributed by atoms with Gasteiger partial charge in [-0.3, -0.25) is 4.79 Å². The molecule has 134 valence electrons. The van der Waals surface area contributed by atoms with Crippen molar-refractivity contribution >= 4 is 21.6 Å². The molecule has 0 aromatic heterocycles. The summed E-state index contributed by atoms with van der Waals surface area (Å²) in [6, 6.07) is 14.0. The van der Waals surface area contributed by atoms with Gasteiger partial charge in [0, 0.05) is 18.7 Å². The second-order valence-electron chi connectivity index (χ2n) is 6.20. The zero-order valence-corrected chi connectivity index (χ0v) is 15.6. The van der Waals surface area contributed by atoms with Gasteiger partial charge in [-0.2, -0.15) is 0 Å². The van der Waals surface area contributed by atoms with Gasteiger partial charge in [-0.1, -0.05) is 50.2 Å². The lowest BCUT2D eigenvalue weighted by Gasteiger charge is -2.16. The van der Waals surface area contributed by atoms with E-state index in [4.69, 9.17) is 0 Å². The Balaban J connectivity index is 1.96. The smallest absolute Gasteiger partial charge is 0.240 e. The molecule has 0 heterocycles. The van der Waals surface area contributed by atoms with Crippen molar-refractivity contribution in [2.24, 2.45) is 0 Å². The number of hydrogen-bond acceptors (Lipinski definition) is 3. The maximum atomic E-state index is 12.2. The number of carbonyl (C=O) groups is 1. The molecular formula is C19H24N2O3S. The molecule has 0 saturated carbocycles. The largest absolute Gasteiger partial charge is 0.326 e. The van der Waals surface area contributed by atoms with E-state index in [0.29, 0.717) is 0 Å². The lowest BCUT2D eigenvalue weighted by molar-refractivity contribution is -0.116. The summed E-state index contributed by atoms with van der Waals surface area (Å²) in [5, 5.41) is 2.91. The van der Waals surface area contributed by atoms with Crippen LogP contribution in [0.3, 0.4) is 0 Å². The van der Waals surface area contributed by atoms with Crippen LogP contribution in [-0.2, 0) is 14.8 Å². The Kier molecular flexibility index (Phi) is 6.33. The molecule has 5 nitrogen and oxygen atoms in total. The van der Waals surface area contributed by atoms with E-state index in [2.05, 4.69) is 23.9 Å². The predicted octanol–water partition coefficient (Wildman–Crippen LogP) is 3.43. The number of para-hydroxylation sites is 1. The van der Waals surface area contributed by atoms with Crippen molar-refractivity contribution in [3.05, 3.63) is 59.7 Å². The summed E-state index contributed by atoms with van der Waals surface area (Å²) in [5.41, 5.74) is 2.87. The van der Waals surface area contributed by atoms with Gasteiger partial charge in [0.25, 0.3) is 0 Å². The van der Waals surface area contributed by atoms with Gasteiger partial charge in [-0.05, 0) is 36.1 Å². The highest BCUT2D eigenvalue weighted by Gasteiger charge is 2.15. The maximum absolute atomic E-state index is 12.2. The molecular weight excluding hydrogens is 336 g/mol. The first-order valence-electron chi connectivity index (χ1n) is 8.25. The summed E-state index contributed by atoms with van der Waals surface area (Å²) in [7, 11) is -3.59. The Hall–Kier alpha value is -2.18. The van der Waals surface area contributed by atoms with Gasteiger partial charge in [0.15, 0.2) is 0 Å². The van der Waals surface area contributed by atoms with Gasteiger partial charge < -0.3 is 5.32 Å². The third-order valence-electron chi connectivity index (χ3n) is 3.89. The van der Waals surface area contributed by atoms with Crippen molar-refractivity contribution in [2.75, 3.05) is 11.9 Å². The molecule has 0 saturated heterocycles.